The van der Waals surface area contributed by atoms with E-state index in [1.165, 1.54) is 5.56 Å². The fourth-order valence-electron chi connectivity index (χ4n) is 2.32. The van der Waals surface area contributed by atoms with Gasteiger partial charge in [0.15, 0.2) is 0 Å². The minimum atomic E-state index is 0.147. The second-order valence-electron chi connectivity index (χ2n) is 6.28. The van der Waals surface area contributed by atoms with Gasteiger partial charge in [-0.15, -0.1) is 0 Å². The first-order valence-electron chi connectivity index (χ1n) is 7.08. The number of rotatable bonds is 4. The molecule has 0 saturated carbocycles. The predicted octanol–water partition coefficient (Wildman–Crippen LogP) is 2.87. The van der Waals surface area contributed by atoms with E-state index in [-0.39, 0.29) is 17.6 Å². The molecule has 1 heterocycles. The highest BCUT2D eigenvalue weighted by Gasteiger charge is 2.24. The molecule has 106 valence electrons. The maximum atomic E-state index is 5.85. The zero-order chi connectivity index (χ0) is 13.9. The number of ether oxygens (including phenoxy) is 2. The first-order chi connectivity index (χ1) is 8.99. The zero-order valence-electron chi connectivity index (χ0n) is 12.2. The Hall–Kier alpha value is -1.06. The molecule has 0 radical (unpaired) electrons. The summed E-state index contributed by atoms with van der Waals surface area (Å²) in [6.45, 7) is 7.84. The Morgan fingerprint density at radius 3 is 2.63 bits per heavy atom. The molecular weight excluding hydrogens is 238 g/mol. The number of benzene rings is 1. The molecule has 19 heavy (non-hydrogen) atoms. The molecule has 1 aromatic rings. The van der Waals surface area contributed by atoms with Gasteiger partial charge in [-0.25, -0.2) is 0 Å². The van der Waals surface area contributed by atoms with Crippen molar-refractivity contribution < 1.29 is 9.47 Å². The topological polar surface area (TPSA) is 44.5 Å². The van der Waals surface area contributed by atoms with Crippen LogP contribution in [0.4, 0.5) is 0 Å². The zero-order valence-corrected chi connectivity index (χ0v) is 12.2. The largest absolute Gasteiger partial charge is 0.491 e. The summed E-state index contributed by atoms with van der Waals surface area (Å²) in [4.78, 5) is 0. The Morgan fingerprint density at radius 2 is 2.00 bits per heavy atom. The third-order valence-electron chi connectivity index (χ3n) is 3.59. The molecule has 0 aliphatic carbocycles. The van der Waals surface area contributed by atoms with Gasteiger partial charge in [-0.2, -0.15) is 0 Å². The van der Waals surface area contributed by atoms with Gasteiger partial charge in [0.25, 0.3) is 0 Å². The van der Waals surface area contributed by atoms with Gasteiger partial charge >= 0.3 is 0 Å². The lowest BCUT2D eigenvalue weighted by Gasteiger charge is -2.20. The van der Waals surface area contributed by atoms with Gasteiger partial charge in [-0.05, 0) is 36.0 Å². The summed E-state index contributed by atoms with van der Waals surface area (Å²) in [6.07, 6.45) is 2.49. The number of hydrogen-bond donors (Lipinski definition) is 1. The van der Waals surface area contributed by atoms with E-state index >= 15 is 0 Å². The summed E-state index contributed by atoms with van der Waals surface area (Å²) in [6, 6.07) is 8.32. The van der Waals surface area contributed by atoms with Crippen LogP contribution in [0, 0.1) is 0 Å². The van der Waals surface area contributed by atoms with Crippen LogP contribution in [-0.2, 0) is 10.2 Å². The van der Waals surface area contributed by atoms with Crippen molar-refractivity contribution in [1.29, 1.82) is 0 Å². The predicted molar refractivity (Wildman–Crippen MR) is 77.6 cm³/mol. The van der Waals surface area contributed by atoms with Crippen molar-refractivity contribution in [2.75, 3.05) is 13.2 Å². The molecule has 0 aromatic heterocycles. The molecule has 2 N–H and O–H groups in total. The van der Waals surface area contributed by atoms with Gasteiger partial charge in [0, 0.05) is 6.54 Å². The maximum absolute atomic E-state index is 5.85. The summed E-state index contributed by atoms with van der Waals surface area (Å²) in [5.41, 5.74) is 7.04. The van der Waals surface area contributed by atoms with Crippen molar-refractivity contribution in [3.05, 3.63) is 29.8 Å². The summed E-state index contributed by atoms with van der Waals surface area (Å²) in [5, 5.41) is 0. The molecular formula is C16H25NO2. The van der Waals surface area contributed by atoms with E-state index in [0.717, 1.165) is 18.6 Å². The van der Waals surface area contributed by atoms with Crippen LogP contribution in [0.5, 0.6) is 5.75 Å². The Balaban J connectivity index is 1.90. The van der Waals surface area contributed by atoms with E-state index in [1.807, 2.05) is 12.1 Å². The van der Waals surface area contributed by atoms with E-state index in [9.17, 15) is 0 Å². The molecule has 2 rings (SSSR count). The van der Waals surface area contributed by atoms with E-state index in [4.69, 9.17) is 15.2 Å². The third kappa shape index (κ3) is 3.95. The number of hydrogen-bond acceptors (Lipinski definition) is 3. The van der Waals surface area contributed by atoms with E-state index in [1.54, 1.807) is 0 Å². The van der Waals surface area contributed by atoms with Crippen molar-refractivity contribution in [1.82, 2.24) is 0 Å². The van der Waals surface area contributed by atoms with Crippen LogP contribution in [0.15, 0.2) is 24.3 Å². The van der Waals surface area contributed by atoms with Crippen molar-refractivity contribution in [2.45, 2.75) is 51.2 Å². The van der Waals surface area contributed by atoms with Crippen LogP contribution in [-0.4, -0.2) is 25.4 Å². The normalized spacial score (nSPS) is 23.6. The first-order valence-corrected chi connectivity index (χ1v) is 7.08. The lowest BCUT2D eigenvalue weighted by atomic mass is 9.87. The Kier molecular flexibility index (Phi) is 4.48. The average molecular weight is 263 g/mol. The van der Waals surface area contributed by atoms with Crippen LogP contribution < -0.4 is 10.5 Å². The summed E-state index contributed by atoms with van der Waals surface area (Å²) in [5.74, 6) is 0.923. The third-order valence-corrected chi connectivity index (χ3v) is 3.59. The molecule has 1 fully saturated rings. The monoisotopic (exact) mass is 263 g/mol. The van der Waals surface area contributed by atoms with Crippen LogP contribution in [0.1, 0.15) is 39.2 Å². The van der Waals surface area contributed by atoms with Gasteiger partial charge < -0.3 is 15.2 Å². The fourth-order valence-corrected chi connectivity index (χ4v) is 2.32. The van der Waals surface area contributed by atoms with Gasteiger partial charge in [0.1, 0.15) is 12.4 Å². The molecule has 2 atom stereocenters. The molecule has 3 nitrogen and oxygen atoms in total. The van der Waals surface area contributed by atoms with Crippen molar-refractivity contribution in [3.63, 3.8) is 0 Å². The smallest absolute Gasteiger partial charge is 0.119 e. The number of nitrogens with two attached hydrogens (primary N) is 1. The fraction of sp³-hybridized carbons (Fsp3) is 0.625. The highest BCUT2D eigenvalue weighted by molar-refractivity contribution is 5.32. The van der Waals surface area contributed by atoms with Crippen LogP contribution in [0.25, 0.3) is 0 Å². The average Bonchev–Trinajstić information content (AvgIpc) is 2.84. The highest BCUT2D eigenvalue weighted by Crippen LogP contribution is 2.26. The lowest BCUT2D eigenvalue weighted by molar-refractivity contribution is 0.0222. The van der Waals surface area contributed by atoms with Gasteiger partial charge in [-0.1, -0.05) is 32.9 Å². The van der Waals surface area contributed by atoms with E-state index in [0.29, 0.717) is 13.2 Å². The summed E-state index contributed by atoms with van der Waals surface area (Å²) in [7, 11) is 0. The van der Waals surface area contributed by atoms with Crippen LogP contribution in [0.2, 0.25) is 0 Å². The highest BCUT2D eigenvalue weighted by atomic mass is 16.5. The minimum Gasteiger partial charge on any atom is -0.491 e. The standard InChI is InChI=1S/C16H25NO2/c1-16(2,3)12-5-4-6-13(9-12)18-11-15-8-7-14(10-17)19-15/h4-6,9,14-15H,7-8,10-11,17H2,1-3H3. The molecule has 1 aliphatic rings. The Morgan fingerprint density at radius 1 is 1.26 bits per heavy atom. The second-order valence-corrected chi connectivity index (χ2v) is 6.28. The van der Waals surface area contributed by atoms with Crippen LogP contribution >= 0.6 is 0 Å². The molecule has 0 spiro atoms. The van der Waals surface area contributed by atoms with Gasteiger partial charge in [0.05, 0.1) is 12.2 Å². The Labute approximate surface area is 116 Å². The van der Waals surface area contributed by atoms with Crippen molar-refractivity contribution in [2.24, 2.45) is 5.73 Å². The minimum absolute atomic E-state index is 0.147. The summed E-state index contributed by atoms with van der Waals surface area (Å²) >= 11 is 0. The maximum Gasteiger partial charge on any atom is 0.119 e. The molecule has 2 unspecified atom stereocenters. The molecule has 1 aliphatic heterocycles. The molecule has 0 amide bonds. The van der Waals surface area contributed by atoms with E-state index in [2.05, 4.69) is 32.9 Å². The lowest BCUT2D eigenvalue weighted by Crippen LogP contribution is -2.23. The van der Waals surface area contributed by atoms with Crippen molar-refractivity contribution >= 4 is 0 Å². The first kappa shape index (κ1) is 14.4. The quantitative estimate of drug-likeness (QED) is 0.908. The Bertz CT molecular complexity index is 411. The molecule has 3 heteroatoms. The molecule has 1 aromatic carbocycles. The van der Waals surface area contributed by atoms with E-state index < -0.39 is 0 Å². The summed E-state index contributed by atoms with van der Waals surface area (Å²) < 4.78 is 11.6. The second kappa shape index (κ2) is 5.93. The molecule has 0 bridgehead atoms. The van der Waals surface area contributed by atoms with Gasteiger partial charge in [-0.3, -0.25) is 0 Å². The van der Waals surface area contributed by atoms with Crippen molar-refractivity contribution in [3.8, 4) is 5.75 Å². The van der Waals surface area contributed by atoms with Gasteiger partial charge in [0.2, 0.25) is 0 Å². The SMILES string of the molecule is CC(C)(C)c1cccc(OCC2CCC(CN)O2)c1. The molecule has 1 saturated heterocycles. The van der Waals surface area contributed by atoms with Crippen LogP contribution in [0.3, 0.4) is 0 Å².